The van der Waals surface area contributed by atoms with Crippen LogP contribution in [0.2, 0.25) is 0 Å². The first kappa shape index (κ1) is 36.1. The second-order valence-electron chi connectivity index (χ2n) is 16.3. The van der Waals surface area contributed by atoms with Gasteiger partial charge in [0.1, 0.15) is 0 Å². The molecule has 3 heterocycles. The Morgan fingerprint density at radius 2 is 1.05 bits per heavy atom. The molecule has 0 N–H and O–H groups in total. The molecule has 0 spiro atoms. The summed E-state index contributed by atoms with van der Waals surface area (Å²) in [6, 6.07) is 72.4. The van der Waals surface area contributed by atoms with Crippen LogP contribution in [-0.4, -0.2) is 4.57 Å². The Morgan fingerprint density at radius 3 is 1.85 bits per heavy atom. The van der Waals surface area contributed by atoms with Crippen LogP contribution < -0.4 is 0 Å². The third-order valence-electron chi connectivity index (χ3n) is 12.9. The van der Waals surface area contributed by atoms with Crippen molar-refractivity contribution in [1.29, 1.82) is 0 Å². The number of rotatable bonds is 7. The molecule has 0 bridgehead atoms. The van der Waals surface area contributed by atoms with Crippen LogP contribution in [0.3, 0.4) is 0 Å². The molecule has 1 unspecified atom stereocenters. The molecule has 0 radical (unpaired) electrons. The lowest BCUT2D eigenvalue weighted by Gasteiger charge is -2.23. The van der Waals surface area contributed by atoms with E-state index in [0.717, 1.165) is 6.42 Å². The van der Waals surface area contributed by atoms with Gasteiger partial charge in [-0.15, -0.1) is 22.7 Å². The largest absolute Gasteiger partial charge is 0.309 e. The van der Waals surface area contributed by atoms with Crippen molar-refractivity contribution in [3.05, 3.63) is 211 Å². The Morgan fingerprint density at radius 1 is 0.443 bits per heavy atom. The number of thiophene rings is 2. The standard InChI is InChI=1S/C58H41NS2/c1-3-40(38-34-50-45-22-11-14-30-55(45)61-58(50)51(35-38)47-26-15-25-46-44-21-10-13-29-54(44)60-57(46)47)42-19-7-8-20-43(42)49-33-37(32-31-36(49)2)41-24-16-28-53-56(41)48-23-9-12-27-52(48)59(53)39-17-5-4-6-18-39/h4-35,40H,3H2,1-2H3. The van der Waals surface area contributed by atoms with Crippen molar-refractivity contribution >= 4 is 84.8 Å². The minimum atomic E-state index is 0.190. The highest BCUT2D eigenvalue weighted by Gasteiger charge is 2.23. The van der Waals surface area contributed by atoms with E-state index in [-0.39, 0.29) is 5.92 Å². The SMILES string of the molecule is CCC(c1cc(-c2cccc3c2sc2ccccc23)c2sc3ccccc3c2c1)c1ccccc1-c1cc(-c2cccc3c2c2ccccc2n3-c2ccccc2)ccc1C. The summed E-state index contributed by atoms with van der Waals surface area (Å²) in [6.07, 6.45) is 0.980. The van der Waals surface area contributed by atoms with Gasteiger partial charge in [-0.25, -0.2) is 0 Å². The van der Waals surface area contributed by atoms with Crippen LogP contribution in [0.5, 0.6) is 0 Å². The average molecular weight is 816 g/mol. The van der Waals surface area contributed by atoms with Crippen molar-refractivity contribution in [2.45, 2.75) is 26.2 Å². The van der Waals surface area contributed by atoms with Gasteiger partial charge in [-0.1, -0.05) is 146 Å². The molecule has 0 aliphatic heterocycles. The molecule has 61 heavy (non-hydrogen) atoms. The maximum absolute atomic E-state index is 2.54. The average Bonchev–Trinajstić information content (AvgIpc) is 4.00. The summed E-state index contributed by atoms with van der Waals surface area (Å²) in [5.41, 5.74) is 15.4. The zero-order valence-corrected chi connectivity index (χ0v) is 35.7. The fraction of sp³-hybridized carbons (Fsp3) is 0.0690. The van der Waals surface area contributed by atoms with Gasteiger partial charge in [0, 0.05) is 73.8 Å². The summed E-state index contributed by atoms with van der Waals surface area (Å²) in [5, 5.41) is 7.92. The first-order chi connectivity index (χ1) is 30.1. The summed E-state index contributed by atoms with van der Waals surface area (Å²) in [7, 11) is 0. The predicted molar refractivity (Wildman–Crippen MR) is 266 cm³/mol. The highest BCUT2D eigenvalue weighted by Crippen LogP contribution is 2.48. The van der Waals surface area contributed by atoms with E-state index in [0.29, 0.717) is 0 Å². The van der Waals surface area contributed by atoms with Crippen LogP contribution >= 0.6 is 22.7 Å². The Labute approximate surface area is 363 Å². The fourth-order valence-corrected chi connectivity index (χ4v) is 12.5. The molecule has 0 fully saturated rings. The van der Waals surface area contributed by atoms with Gasteiger partial charge in [0.15, 0.2) is 0 Å². The summed E-state index contributed by atoms with van der Waals surface area (Å²) >= 11 is 3.85. The molecule has 9 aromatic carbocycles. The number of nitrogens with zero attached hydrogens (tertiary/aromatic N) is 1. The van der Waals surface area contributed by atoms with Gasteiger partial charge in [-0.05, 0) is 107 Å². The second kappa shape index (κ2) is 14.4. The molecular weight excluding hydrogens is 775 g/mol. The van der Waals surface area contributed by atoms with Crippen molar-refractivity contribution in [2.75, 3.05) is 0 Å². The van der Waals surface area contributed by atoms with Crippen LogP contribution in [0.1, 0.15) is 36.0 Å². The Bertz CT molecular complexity index is 3660. The normalized spacial score (nSPS) is 12.4. The summed E-state index contributed by atoms with van der Waals surface area (Å²) < 4.78 is 7.81. The third-order valence-corrected chi connectivity index (χ3v) is 15.3. The summed E-state index contributed by atoms with van der Waals surface area (Å²) in [5.74, 6) is 0.190. The number of para-hydroxylation sites is 2. The molecule has 3 aromatic heterocycles. The summed E-state index contributed by atoms with van der Waals surface area (Å²) in [6.45, 7) is 4.63. The molecule has 1 nitrogen and oxygen atoms in total. The van der Waals surface area contributed by atoms with Crippen LogP contribution in [0.4, 0.5) is 0 Å². The van der Waals surface area contributed by atoms with E-state index in [1.807, 2.05) is 22.7 Å². The molecular formula is C58H41NS2. The monoisotopic (exact) mass is 815 g/mol. The molecule has 0 aliphatic rings. The first-order valence-electron chi connectivity index (χ1n) is 21.3. The van der Waals surface area contributed by atoms with E-state index < -0.39 is 0 Å². The summed E-state index contributed by atoms with van der Waals surface area (Å²) in [4.78, 5) is 0. The van der Waals surface area contributed by atoms with E-state index in [1.165, 1.54) is 118 Å². The van der Waals surface area contributed by atoms with Crippen LogP contribution in [0.15, 0.2) is 194 Å². The van der Waals surface area contributed by atoms with Gasteiger partial charge >= 0.3 is 0 Å². The van der Waals surface area contributed by atoms with E-state index in [4.69, 9.17) is 0 Å². The topological polar surface area (TPSA) is 4.93 Å². The molecule has 0 saturated carbocycles. The van der Waals surface area contributed by atoms with Crippen LogP contribution in [0, 0.1) is 6.92 Å². The fourth-order valence-electron chi connectivity index (χ4n) is 10.1. The lowest BCUT2D eigenvalue weighted by atomic mass is 9.81. The molecule has 12 rings (SSSR count). The Kier molecular flexibility index (Phi) is 8.55. The molecule has 0 amide bonds. The number of benzene rings is 9. The highest BCUT2D eigenvalue weighted by atomic mass is 32.1. The zero-order chi connectivity index (χ0) is 40.6. The molecule has 0 saturated heterocycles. The lowest BCUT2D eigenvalue weighted by Crippen LogP contribution is -2.03. The van der Waals surface area contributed by atoms with Gasteiger partial charge < -0.3 is 4.57 Å². The van der Waals surface area contributed by atoms with Crippen LogP contribution in [0.25, 0.3) is 101 Å². The Hall–Kier alpha value is -6.78. The smallest absolute Gasteiger partial charge is 0.0547 e. The van der Waals surface area contributed by atoms with Gasteiger partial charge in [-0.3, -0.25) is 0 Å². The maximum Gasteiger partial charge on any atom is 0.0547 e. The maximum atomic E-state index is 2.54. The molecule has 3 heteroatoms. The first-order valence-corrected chi connectivity index (χ1v) is 22.9. The van der Waals surface area contributed by atoms with Gasteiger partial charge in [0.2, 0.25) is 0 Å². The highest BCUT2D eigenvalue weighted by molar-refractivity contribution is 7.27. The number of aromatic nitrogens is 1. The van der Waals surface area contributed by atoms with E-state index >= 15 is 0 Å². The molecule has 1 atom stereocenters. The third kappa shape index (κ3) is 5.72. The minimum absolute atomic E-state index is 0.190. The molecule has 0 aliphatic carbocycles. The van der Waals surface area contributed by atoms with Gasteiger partial charge in [0.25, 0.3) is 0 Å². The van der Waals surface area contributed by atoms with E-state index in [2.05, 4.69) is 213 Å². The van der Waals surface area contributed by atoms with Crippen LogP contribution in [-0.2, 0) is 0 Å². The predicted octanol–water partition coefficient (Wildman–Crippen LogP) is 17.4. The van der Waals surface area contributed by atoms with Crippen molar-refractivity contribution in [1.82, 2.24) is 4.57 Å². The second-order valence-corrected chi connectivity index (χ2v) is 18.4. The van der Waals surface area contributed by atoms with E-state index in [1.54, 1.807) is 0 Å². The number of hydrogen-bond acceptors (Lipinski definition) is 2. The molecule has 290 valence electrons. The molecule has 12 aromatic rings. The lowest BCUT2D eigenvalue weighted by molar-refractivity contribution is 0.780. The minimum Gasteiger partial charge on any atom is -0.309 e. The van der Waals surface area contributed by atoms with Crippen molar-refractivity contribution in [2.24, 2.45) is 0 Å². The van der Waals surface area contributed by atoms with E-state index in [9.17, 15) is 0 Å². The number of hydrogen-bond donors (Lipinski definition) is 0. The Balaban J connectivity index is 1.04. The van der Waals surface area contributed by atoms with Crippen molar-refractivity contribution in [3.63, 3.8) is 0 Å². The van der Waals surface area contributed by atoms with Gasteiger partial charge in [0.05, 0.1) is 11.0 Å². The zero-order valence-electron chi connectivity index (χ0n) is 34.0. The number of aryl methyl sites for hydroxylation is 1. The van der Waals surface area contributed by atoms with Crippen molar-refractivity contribution < 1.29 is 0 Å². The van der Waals surface area contributed by atoms with Gasteiger partial charge in [-0.2, -0.15) is 0 Å². The number of fused-ring (bicyclic) bond motifs is 9. The van der Waals surface area contributed by atoms with Crippen molar-refractivity contribution in [3.8, 4) is 39.1 Å². The quantitative estimate of drug-likeness (QED) is 0.151.